The van der Waals surface area contributed by atoms with Crippen LogP contribution in [0, 0.1) is 11.3 Å². The molecule has 0 aliphatic carbocycles. The molecule has 18 heavy (non-hydrogen) atoms. The van der Waals surface area contributed by atoms with Gasteiger partial charge in [0.1, 0.15) is 23.6 Å². The van der Waals surface area contributed by atoms with Crippen molar-refractivity contribution in [2.75, 3.05) is 12.4 Å². The Morgan fingerprint density at radius 1 is 1.50 bits per heavy atom. The molecule has 1 aromatic rings. The van der Waals surface area contributed by atoms with E-state index in [0.717, 1.165) is 4.90 Å². The molecule has 1 aliphatic rings. The Labute approximate surface area is 104 Å². The number of piperidine rings is 1. The number of nitriles is 1. The molecule has 1 unspecified atom stereocenters. The van der Waals surface area contributed by atoms with Crippen LogP contribution >= 0.6 is 0 Å². The zero-order valence-corrected chi connectivity index (χ0v) is 9.88. The van der Waals surface area contributed by atoms with E-state index in [1.165, 1.54) is 7.05 Å². The standard InChI is InChI=1S/C12H12N4O2/c1-16-11(17)6-5-9(12(16)18)15-10-4-2-3-8(7-13)14-10/h2-4,9H,5-6H2,1H3,(H,14,15). The van der Waals surface area contributed by atoms with Gasteiger partial charge in [-0.05, 0) is 18.6 Å². The van der Waals surface area contributed by atoms with E-state index in [4.69, 9.17) is 5.26 Å². The van der Waals surface area contributed by atoms with E-state index in [-0.39, 0.29) is 17.5 Å². The summed E-state index contributed by atoms with van der Waals surface area (Å²) in [6, 6.07) is 6.43. The third kappa shape index (κ3) is 2.30. The molecule has 0 bridgehead atoms. The van der Waals surface area contributed by atoms with Gasteiger partial charge in [0.2, 0.25) is 5.91 Å². The van der Waals surface area contributed by atoms with Crippen LogP contribution in [0.15, 0.2) is 18.2 Å². The summed E-state index contributed by atoms with van der Waals surface area (Å²) in [6.07, 6.45) is 0.776. The summed E-state index contributed by atoms with van der Waals surface area (Å²) >= 11 is 0. The van der Waals surface area contributed by atoms with Gasteiger partial charge in [0.05, 0.1) is 0 Å². The van der Waals surface area contributed by atoms with Gasteiger partial charge in [-0.3, -0.25) is 14.5 Å². The number of nitrogens with one attached hydrogen (secondary N) is 1. The van der Waals surface area contributed by atoms with Crippen LogP contribution in [0.3, 0.4) is 0 Å². The molecular formula is C12H12N4O2. The number of amides is 2. The fourth-order valence-electron chi connectivity index (χ4n) is 1.81. The lowest BCUT2D eigenvalue weighted by molar-refractivity contribution is -0.146. The number of carbonyl (C=O) groups excluding carboxylic acids is 2. The van der Waals surface area contributed by atoms with Crippen LogP contribution in [0.5, 0.6) is 0 Å². The molecule has 1 saturated heterocycles. The zero-order valence-electron chi connectivity index (χ0n) is 9.88. The van der Waals surface area contributed by atoms with Gasteiger partial charge >= 0.3 is 0 Å². The van der Waals surface area contributed by atoms with Crippen molar-refractivity contribution in [3.63, 3.8) is 0 Å². The second kappa shape index (κ2) is 4.84. The Hall–Kier alpha value is -2.42. The van der Waals surface area contributed by atoms with Crippen LogP contribution in [-0.4, -0.2) is 34.8 Å². The van der Waals surface area contributed by atoms with Crippen molar-refractivity contribution in [3.05, 3.63) is 23.9 Å². The van der Waals surface area contributed by atoms with Gasteiger partial charge in [-0.25, -0.2) is 4.98 Å². The molecule has 0 aromatic carbocycles. The van der Waals surface area contributed by atoms with E-state index in [0.29, 0.717) is 18.7 Å². The minimum atomic E-state index is -0.464. The molecule has 2 amide bonds. The van der Waals surface area contributed by atoms with Crippen molar-refractivity contribution in [1.82, 2.24) is 9.88 Å². The maximum atomic E-state index is 11.8. The van der Waals surface area contributed by atoms with Crippen LogP contribution in [0.1, 0.15) is 18.5 Å². The van der Waals surface area contributed by atoms with E-state index in [2.05, 4.69) is 10.3 Å². The molecular weight excluding hydrogens is 232 g/mol. The molecule has 2 heterocycles. The molecule has 92 valence electrons. The van der Waals surface area contributed by atoms with Gasteiger partial charge in [-0.15, -0.1) is 0 Å². The number of carbonyl (C=O) groups is 2. The van der Waals surface area contributed by atoms with E-state index in [1.54, 1.807) is 18.2 Å². The highest BCUT2D eigenvalue weighted by molar-refractivity contribution is 6.01. The van der Waals surface area contributed by atoms with Crippen molar-refractivity contribution < 1.29 is 9.59 Å². The predicted molar refractivity (Wildman–Crippen MR) is 63.4 cm³/mol. The van der Waals surface area contributed by atoms with Gasteiger partial charge in [-0.2, -0.15) is 5.26 Å². The van der Waals surface area contributed by atoms with Crippen molar-refractivity contribution in [3.8, 4) is 6.07 Å². The first-order chi connectivity index (χ1) is 8.61. The minimum absolute atomic E-state index is 0.170. The fraction of sp³-hybridized carbons (Fsp3) is 0.333. The van der Waals surface area contributed by atoms with Crippen molar-refractivity contribution >= 4 is 17.6 Å². The molecule has 0 saturated carbocycles. The Kier molecular flexibility index (Phi) is 3.24. The van der Waals surface area contributed by atoms with E-state index >= 15 is 0 Å². The second-order valence-corrected chi connectivity index (χ2v) is 4.05. The SMILES string of the molecule is CN1C(=O)CCC(Nc2cccc(C#N)n2)C1=O. The molecule has 1 aliphatic heterocycles. The number of likely N-dealkylation sites (N-methyl/N-ethyl adjacent to an activating group) is 1. The quantitative estimate of drug-likeness (QED) is 0.766. The zero-order chi connectivity index (χ0) is 13.1. The van der Waals surface area contributed by atoms with Crippen LogP contribution < -0.4 is 5.32 Å². The third-order valence-electron chi connectivity index (χ3n) is 2.84. The number of hydrogen-bond acceptors (Lipinski definition) is 5. The molecule has 1 atom stereocenters. The number of hydrogen-bond donors (Lipinski definition) is 1. The summed E-state index contributed by atoms with van der Waals surface area (Å²) in [7, 11) is 1.47. The number of aromatic nitrogens is 1. The second-order valence-electron chi connectivity index (χ2n) is 4.05. The Bertz CT molecular complexity index is 535. The van der Waals surface area contributed by atoms with Crippen LogP contribution in [0.2, 0.25) is 0 Å². The summed E-state index contributed by atoms with van der Waals surface area (Å²) in [6.45, 7) is 0. The molecule has 1 N–H and O–H groups in total. The van der Waals surface area contributed by atoms with Crippen LogP contribution in [0.4, 0.5) is 5.82 Å². The summed E-state index contributed by atoms with van der Waals surface area (Å²) in [4.78, 5) is 28.3. The highest BCUT2D eigenvalue weighted by atomic mass is 16.2. The molecule has 1 fully saturated rings. The topological polar surface area (TPSA) is 86.1 Å². The lowest BCUT2D eigenvalue weighted by Crippen LogP contribution is -2.48. The number of anilines is 1. The summed E-state index contributed by atoms with van der Waals surface area (Å²) in [5.74, 6) is 0.0299. The number of likely N-dealkylation sites (tertiary alicyclic amines) is 1. The lowest BCUT2D eigenvalue weighted by atomic mass is 10.0. The maximum Gasteiger partial charge on any atom is 0.251 e. The van der Waals surface area contributed by atoms with E-state index < -0.39 is 6.04 Å². The summed E-state index contributed by atoms with van der Waals surface area (Å²) in [5.41, 5.74) is 0.285. The van der Waals surface area contributed by atoms with Gasteiger partial charge in [-0.1, -0.05) is 6.07 Å². The molecule has 6 nitrogen and oxygen atoms in total. The minimum Gasteiger partial charge on any atom is -0.358 e. The number of imide groups is 1. The first-order valence-corrected chi connectivity index (χ1v) is 5.56. The van der Waals surface area contributed by atoms with Gasteiger partial charge in [0.25, 0.3) is 5.91 Å². The largest absolute Gasteiger partial charge is 0.358 e. The molecule has 6 heteroatoms. The van der Waals surface area contributed by atoms with Crippen molar-refractivity contribution in [2.45, 2.75) is 18.9 Å². The Balaban J connectivity index is 2.12. The predicted octanol–water partition coefficient (Wildman–Crippen LogP) is 0.513. The normalized spacial score (nSPS) is 19.6. The van der Waals surface area contributed by atoms with Gasteiger partial charge < -0.3 is 5.32 Å². The van der Waals surface area contributed by atoms with Crippen LogP contribution in [-0.2, 0) is 9.59 Å². The van der Waals surface area contributed by atoms with Gasteiger partial charge in [0.15, 0.2) is 0 Å². The van der Waals surface area contributed by atoms with Gasteiger partial charge in [0, 0.05) is 13.5 Å². The smallest absolute Gasteiger partial charge is 0.251 e. The Morgan fingerprint density at radius 3 is 3.00 bits per heavy atom. The fourth-order valence-corrected chi connectivity index (χ4v) is 1.81. The third-order valence-corrected chi connectivity index (χ3v) is 2.84. The number of nitrogens with zero attached hydrogens (tertiary/aromatic N) is 3. The monoisotopic (exact) mass is 244 g/mol. The average Bonchev–Trinajstić information content (AvgIpc) is 2.40. The first kappa shape index (κ1) is 12.0. The average molecular weight is 244 g/mol. The van der Waals surface area contributed by atoms with E-state index in [1.807, 2.05) is 6.07 Å². The van der Waals surface area contributed by atoms with Crippen LogP contribution in [0.25, 0.3) is 0 Å². The highest BCUT2D eigenvalue weighted by Gasteiger charge is 2.31. The number of pyridine rings is 1. The van der Waals surface area contributed by atoms with Crippen molar-refractivity contribution in [2.24, 2.45) is 0 Å². The molecule has 1 aromatic heterocycles. The molecule has 2 rings (SSSR count). The molecule has 0 spiro atoms. The first-order valence-electron chi connectivity index (χ1n) is 5.56. The Morgan fingerprint density at radius 2 is 2.28 bits per heavy atom. The summed E-state index contributed by atoms with van der Waals surface area (Å²) < 4.78 is 0. The molecule has 0 radical (unpaired) electrons. The van der Waals surface area contributed by atoms with E-state index in [9.17, 15) is 9.59 Å². The highest BCUT2D eigenvalue weighted by Crippen LogP contribution is 2.16. The number of rotatable bonds is 2. The lowest BCUT2D eigenvalue weighted by Gasteiger charge is -2.28. The maximum absolute atomic E-state index is 11.8. The summed E-state index contributed by atoms with van der Waals surface area (Å²) in [5, 5.41) is 11.7. The van der Waals surface area contributed by atoms with Crippen molar-refractivity contribution in [1.29, 1.82) is 5.26 Å².